The van der Waals surface area contributed by atoms with Gasteiger partial charge in [-0.05, 0) is 49.8 Å². The summed E-state index contributed by atoms with van der Waals surface area (Å²) in [6, 6.07) is 2.83. The van der Waals surface area contributed by atoms with Crippen LogP contribution in [0.15, 0.2) is 24.3 Å². The second kappa shape index (κ2) is 55.2. The summed E-state index contributed by atoms with van der Waals surface area (Å²) in [5.41, 5.74) is 0.774. The van der Waals surface area contributed by atoms with Crippen molar-refractivity contribution in [3.05, 3.63) is 29.8 Å². The lowest BCUT2D eigenvalue weighted by Crippen LogP contribution is -2.44. The van der Waals surface area contributed by atoms with Gasteiger partial charge in [-0.1, -0.05) is 89.2 Å². The number of ether oxygens (including phenoxy) is 7. The molecule has 11 N–H and O–H groups in total. The molecule has 0 unspecified atom stereocenters. The summed E-state index contributed by atoms with van der Waals surface area (Å²) >= 11 is 0. The summed E-state index contributed by atoms with van der Waals surface area (Å²) in [5.74, 6) is -6.46. The van der Waals surface area contributed by atoms with Crippen molar-refractivity contribution in [1.29, 1.82) is 0 Å². The predicted octanol–water partition coefficient (Wildman–Crippen LogP) is 1.61. The Kier molecular flexibility index (Phi) is 49.7. The number of carbonyl (C=O) groups excluding carboxylic acids is 8. The first-order chi connectivity index (χ1) is 43.0. The highest BCUT2D eigenvalue weighted by atomic mass is 16.5. The van der Waals surface area contributed by atoms with Crippen LogP contribution in [0.4, 0.5) is 0 Å². The third kappa shape index (κ3) is 50.7. The molecule has 0 spiro atoms. The number of hydrogen-bond donors (Lipinski definition) is 11. The number of amides is 7. The molecule has 0 radical (unpaired) electrons. The Morgan fingerprint density at radius 3 is 1.13 bits per heavy atom. The molecular weight excluding hydrogens is 1170 g/mol. The molecule has 7 amide bonds. The number of aldehydes is 1. The minimum absolute atomic E-state index is 0.0866. The smallest absolute Gasteiger partial charge is 0.326 e. The average molecular weight is 1270 g/mol. The van der Waals surface area contributed by atoms with E-state index >= 15 is 0 Å². The fourth-order valence-corrected chi connectivity index (χ4v) is 8.30. The number of nitrogens with one attached hydrogen (secondary N) is 7. The Bertz CT molecular complexity index is 2160. The van der Waals surface area contributed by atoms with Gasteiger partial charge in [0.1, 0.15) is 43.9 Å². The van der Waals surface area contributed by atoms with Crippen LogP contribution in [0.2, 0.25) is 0 Å². The highest BCUT2D eigenvalue weighted by molar-refractivity contribution is 5.86. The number of aromatic hydroxyl groups is 1. The van der Waals surface area contributed by atoms with Gasteiger partial charge in [-0.15, -0.1) is 0 Å². The lowest BCUT2D eigenvalue weighted by Gasteiger charge is -2.17. The molecule has 29 nitrogen and oxygen atoms in total. The number of benzene rings is 1. The molecule has 0 fully saturated rings. The van der Waals surface area contributed by atoms with E-state index in [-0.39, 0.29) is 194 Å². The molecule has 0 heterocycles. The predicted molar refractivity (Wildman–Crippen MR) is 321 cm³/mol. The number of carbonyl (C=O) groups is 11. The fourth-order valence-electron chi connectivity index (χ4n) is 8.30. The second-order valence-corrected chi connectivity index (χ2v) is 20.8. The van der Waals surface area contributed by atoms with Gasteiger partial charge in [-0.3, -0.25) is 38.4 Å². The quantitative estimate of drug-likeness (QED) is 0.0326. The maximum absolute atomic E-state index is 12.6. The third-order valence-corrected chi connectivity index (χ3v) is 13.1. The maximum atomic E-state index is 12.6. The van der Waals surface area contributed by atoms with Gasteiger partial charge in [0.05, 0.1) is 78.7 Å². The molecule has 29 heteroatoms. The first-order valence-electron chi connectivity index (χ1n) is 30.9. The first-order valence-corrected chi connectivity index (χ1v) is 30.9. The normalized spacial score (nSPS) is 12.0. The van der Waals surface area contributed by atoms with E-state index in [4.69, 9.17) is 38.3 Å². The highest BCUT2D eigenvalue weighted by Crippen LogP contribution is 2.15. The number of hydrogen-bond acceptors (Lipinski definition) is 19. The molecule has 0 saturated heterocycles. The summed E-state index contributed by atoms with van der Waals surface area (Å²) in [6.07, 6.45) is 14.7. The van der Waals surface area contributed by atoms with Crippen LogP contribution in [0.5, 0.6) is 5.75 Å². The molecule has 0 bridgehead atoms. The van der Waals surface area contributed by atoms with Gasteiger partial charge in [-0.25, -0.2) is 9.59 Å². The Morgan fingerprint density at radius 1 is 0.371 bits per heavy atom. The number of rotatable bonds is 61. The van der Waals surface area contributed by atoms with Crippen molar-refractivity contribution in [2.24, 2.45) is 0 Å². The molecule has 0 aromatic heterocycles. The minimum Gasteiger partial charge on any atom is -0.508 e. The van der Waals surface area contributed by atoms with Crippen molar-refractivity contribution in [2.45, 2.75) is 159 Å². The number of aliphatic carboxylic acids is 3. The van der Waals surface area contributed by atoms with Crippen LogP contribution in [0.25, 0.3) is 0 Å². The fraction of sp³-hybridized carbons (Fsp3) is 0.717. The number of carboxylic acid groups (broad SMARTS) is 3. The first kappa shape index (κ1) is 80.1. The van der Waals surface area contributed by atoms with Crippen molar-refractivity contribution >= 4 is 65.5 Å². The lowest BCUT2D eigenvalue weighted by molar-refractivity contribution is -0.143. The van der Waals surface area contributed by atoms with Gasteiger partial charge < -0.3 is 95.6 Å². The van der Waals surface area contributed by atoms with Gasteiger partial charge in [0.25, 0.3) is 0 Å². The Balaban J connectivity index is 1.95. The zero-order valence-corrected chi connectivity index (χ0v) is 51.5. The topological polar surface area (TPSA) is 418 Å². The molecule has 0 aliphatic carbocycles. The van der Waals surface area contributed by atoms with Gasteiger partial charge in [-0.2, -0.15) is 0 Å². The van der Waals surface area contributed by atoms with Crippen molar-refractivity contribution < 1.29 is 106 Å². The monoisotopic (exact) mass is 1270 g/mol. The molecule has 0 aliphatic heterocycles. The van der Waals surface area contributed by atoms with E-state index in [0.29, 0.717) is 12.7 Å². The number of unbranched alkanes of at least 4 members (excludes halogenated alkanes) is 13. The van der Waals surface area contributed by atoms with Crippen molar-refractivity contribution in [3.63, 3.8) is 0 Å². The Hall–Kier alpha value is -6.89. The number of phenolic OH excluding ortho intramolecular Hbond substituents is 1. The largest absolute Gasteiger partial charge is 0.508 e. The van der Waals surface area contributed by atoms with E-state index in [2.05, 4.69) is 37.2 Å². The standard InChI is InChI=1S/C60H99N7O22/c68-42-47(41-46-17-19-48(69)20-18-46)65-57(76)45-89-40-37-85-33-27-62-52(71)25-30-83-31-28-63-55(74)43-88-39-36-86-34-29-64-56(75)44-87-38-35-84-32-26-61-51(70)23-21-49(59(79)80)67-54(73)24-22-50(60(81)82)66-53(72)15-13-11-9-7-5-3-1-2-4-6-8-10-12-14-16-58(77)78/h17-20,42,47,49-50,69H,1-16,21-41,43-45H2,(H,61,70)(H,62,71)(H,63,74)(H,64,75)(H,65,76)(H,66,72)(H,67,73)(H,77,78)(H,79,80)(H,81,82)/t47-,49+,50+/m0/s1. The lowest BCUT2D eigenvalue weighted by atomic mass is 10.0. The van der Waals surface area contributed by atoms with Gasteiger partial charge in [0, 0.05) is 58.3 Å². The highest BCUT2D eigenvalue weighted by Gasteiger charge is 2.25. The maximum Gasteiger partial charge on any atom is 0.326 e. The van der Waals surface area contributed by atoms with Crippen LogP contribution < -0.4 is 37.2 Å². The van der Waals surface area contributed by atoms with E-state index in [0.717, 1.165) is 63.4 Å². The summed E-state index contributed by atoms with van der Waals surface area (Å²) < 4.78 is 37.4. The minimum atomic E-state index is -1.41. The van der Waals surface area contributed by atoms with Crippen LogP contribution in [-0.4, -0.2) is 223 Å². The van der Waals surface area contributed by atoms with Crippen LogP contribution in [0, 0.1) is 0 Å². The Labute approximate surface area is 521 Å². The molecular formula is C60H99N7O22. The zero-order chi connectivity index (χ0) is 65.4. The second-order valence-electron chi connectivity index (χ2n) is 20.8. The third-order valence-electron chi connectivity index (χ3n) is 13.1. The van der Waals surface area contributed by atoms with Gasteiger partial charge >= 0.3 is 17.9 Å². The average Bonchev–Trinajstić information content (AvgIpc) is 3.65. The number of carboxylic acids is 3. The molecule has 89 heavy (non-hydrogen) atoms. The SMILES string of the molecule is O=C[C@H](Cc1ccc(O)cc1)NC(=O)COCCOCCNC(=O)CCOCCNC(=O)COCCOCCNC(=O)COCCOCCNC(=O)CC[C@@H](NC(=O)CC[C@@H](NC(=O)CCCCCCCCCCCCCCCCC(=O)O)C(=O)O)C(=O)O. The summed E-state index contributed by atoms with van der Waals surface area (Å²) in [4.78, 5) is 131. The van der Waals surface area contributed by atoms with Crippen molar-refractivity contribution in [2.75, 3.05) is 119 Å². The molecule has 3 atom stereocenters. The van der Waals surface area contributed by atoms with Crippen LogP contribution in [0.3, 0.4) is 0 Å². The van der Waals surface area contributed by atoms with Crippen molar-refractivity contribution in [3.8, 4) is 5.75 Å². The van der Waals surface area contributed by atoms with Crippen molar-refractivity contribution in [1.82, 2.24) is 37.2 Å². The van der Waals surface area contributed by atoms with Crippen LogP contribution in [-0.2, 0) is 92.3 Å². The molecule has 0 aliphatic rings. The van der Waals surface area contributed by atoms with Crippen LogP contribution in [0.1, 0.15) is 140 Å². The summed E-state index contributed by atoms with van der Waals surface area (Å²) in [6.45, 7) is 1.73. The molecule has 1 rings (SSSR count). The van der Waals surface area contributed by atoms with Gasteiger partial charge in [0.15, 0.2) is 0 Å². The molecule has 506 valence electrons. The molecule has 1 aromatic carbocycles. The van der Waals surface area contributed by atoms with E-state index in [9.17, 15) is 68.1 Å². The summed E-state index contributed by atoms with van der Waals surface area (Å²) in [7, 11) is 0. The molecule has 1 aromatic rings. The number of phenols is 1. The van der Waals surface area contributed by atoms with E-state index in [1.54, 1.807) is 12.1 Å². The molecule has 0 saturated carbocycles. The zero-order valence-electron chi connectivity index (χ0n) is 51.5. The van der Waals surface area contributed by atoms with E-state index in [1.807, 2.05) is 0 Å². The van der Waals surface area contributed by atoms with Gasteiger partial charge in [0.2, 0.25) is 41.4 Å². The van der Waals surface area contributed by atoms with E-state index < -0.39 is 59.7 Å². The Morgan fingerprint density at radius 2 is 0.719 bits per heavy atom. The summed E-state index contributed by atoms with van der Waals surface area (Å²) in [5, 5.41) is 55.1. The van der Waals surface area contributed by atoms with Crippen LogP contribution >= 0.6 is 0 Å². The van der Waals surface area contributed by atoms with E-state index in [1.165, 1.54) is 37.8 Å².